The van der Waals surface area contributed by atoms with Gasteiger partial charge in [-0.25, -0.2) is 4.39 Å². The van der Waals surface area contributed by atoms with Crippen LogP contribution >= 0.6 is 11.6 Å². The largest absolute Gasteiger partial charge is 0.205 e. The number of rotatable bonds is 3. The fourth-order valence-electron chi connectivity index (χ4n) is 2.52. The molecular weight excluding hydrogens is 235 g/mol. The fraction of sp³-hybridized carbons (Fsp3) is 0.467. The first-order valence-corrected chi connectivity index (χ1v) is 6.73. The SMILES string of the molecule is CCC[C@@H]1CC=C(c2ccc(Cl)c(F)c2)CC1. The number of hydrogen-bond donors (Lipinski definition) is 0. The lowest BCUT2D eigenvalue weighted by molar-refractivity contribution is 0.445. The molecule has 0 radical (unpaired) electrons. The lowest BCUT2D eigenvalue weighted by atomic mass is 9.84. The predicted molar refractivity (Wildman–Crippen MR) is 71.6 cm³/mol. The van der Waals surface area contributed by atoms with Crippen molar-refractivity contribution in [3.63, 3.8) is 0 Å². The highest BCUT2D eigenvalue weighted by atomic mass is 35.5. The van der Waals surface area contributed by atoms with Crippen molar-refractivity contribution in [3.05, 3.63) is 40.7 Å². The summed E-state index contributed by atoms with van der Waals surface area (Å²) in [6, 6.07) is 5.11. The lowest BCUT2D eigenvalue weighted by Gasteiger charge is -2.21. The highest BCUT2D eigenvalue weighted by Crippen LogP contribution is 2.33. The molecule has 0 nitrogen and oxygen atoms in total. The van der Waals surface area contributed by atoms with E-state index in [-0.39, 0.29) is 10.8 Å². The molecule has 0 saturated carbocycles. The fourth-order valence-corrected chi connectivity index (χ4v) is 2.63. The van der Waals surface area contributed by atoms with E-state index in [4.69, 9.17) is 11.6 Å². The Kier molecular flexibility index (Phi) is 4.22. The topological polar surface area (TPSA) is 0 Å². The summed E-state index contributed by atoms with van der Waals surface area (Å²) in [6.07, 6.45) is 8.25. The second-order valence-corrected chi connectivity index (χ2v) is 5.19. The highest BCUT2D eigenvalue weighted by Gasteiger charge is 2.15. The zero-order chi connectivity index (χ0) is 12.3. The van der Waals surface area contributed by atoms with Crippen LogP contribution in [0.1, 0.15) is 44.6 Å². The molecule has 1 aliphatic rings. The van der Waals surface area contributed by atoms with E-state index in [1.165, 1.54) is 24.8 Å². The summed E-state index contributed by atoms with van der Waals surface area (Å²) in [4.78, 5) is 0. The van der Waals surface area contributed by atoms with Crippen molar-refractivity contribution in [2.45, 2.75) is 39.0 Å². The minimum Gasteiger partial charge on any atom is -0.205 e. The Hall–Kier alpha value is -0.820. The van der Waals surface area contributed by atoms with E-state index in [0.717, 1.165) is 24.3 Å². The first-order valence-electron chi connectivity index (χ1n) is 6.35. The van der Waals surface area contributed by atoms with E-state index in [2.05, 4.69) is 13.0 Å². The zero-order valence-electron chi connectivity index (χ0n) is 10.2. The third-order valence-electron chi connectivity index (χ3n) is 3.51. The van der Waals surface area contributed by atoms with Crippen LogP contribution in [-0.2, 0) is 0 Å². The quantitative estimate of drug-likeness (QED) is 0.670. The molecule has 0 bridgehead atoms. The molecule has 0 aliphatic heterocycles. The lowest BCUT2D eigenvalue weighted by Crippen LogP contribution is -2.05. The molecule has 0 heterocycles. The normalized spacial score (nSPS) is 20.2. The van der Waals surface area contributed by atoms with Crippen molar-refractivity contribution >= 4 is 17.2 Å². The minimum absolute atomic E-state index is 0.203. The van der Waals surface area contributed by atoms with Crippen LogP contribution in [0.4, 0.5) is 4.39 Å². The van der Waals surface area contributed by atoms with E-state index < -0.39 is 0 Å². The van der Waals surface area contributed by atoms with Crippen molar-refractivity contribution in [1.29, 1.82) is 0 Å². The standard InChI is InChI=1S/C15H18ClF/c1-2-3-11-4-6-12(7-5-11)13-8-9-14(16)15(17)10-13/h6,8-11H,2-5,7H2,1H3/t11-/m1/s1. The second-order valence-electron chi connectivity index (χ2n) is 4.79. The molecule has 0 N–H and O–H groups in total. The maximum atomic E-state index is 13.4. The number of allylic oxidation sites excluding steroid dienone is 2. The average molecular weight is 253 g/mol. The first kappa shape index (κ1) is 12.6. The molecule has 1 atom stereocenters. The van der Waals surface area contributed by atoms with Crippen molar-refractivity contribution in [1.82, 2.24) is 0 Å². The Balaban J connectivity index is 2.11. The Morgan fingerprint density at radius 3 is 2.82 bits per heavy atom. The summed E-state index contributed by atoms with van der Waals surface area (Å²) in [7, 11) is 0. The number of benzene rings is 1. The molecule has 0 spiro atoms. The van der Waals surface area contributed by atoms with Gasteiger partial charge in [-0.1, -0.05) is 43.5 Å². The molecule has 1 aromatic rings. The summed E-state index contributed by atoms with van der Waals surface area (Å²) in [5, 5.41) is 0.203. The molecule has 0 aromatic heterocycles. The molecule has 0 amide bonds. The second kappa shape index (κ2) is 5.68. The molecule has 0 saturated heterocycles. The number of halogens is 2. The van der Waals surface area contributed by atoms with Gasteiger partial charge < -0.3 is 0 Å². The van der Waals surface area contributed by atoms with Crippen molar-refractivity contribution in [2.24, 2.45) is 5.92 Å². The van der Waals surface area contributed by atoms with Crippen LogP contribution in [0.3, 0.4) is 0 Å². The summed E-state index contributed by atoms with van der Waals surface area (Å²) < 4.78 is 13.4. The highest BCUT2D eigenvalue weighted by molar-refractivity contribution is 6.30. The van der Waals surface area contributed by atoms with E-state index in [1.807, 2.05) is 6.07 Å². The molecule has 2 heteroatoms. The van der Waals surface area contributed by atoms with Gasteiger partial charge in [-0.05, 0) is 48.4 Å². The smallest absolute Gasteiger partial charge is 0.142 e. The van der Waals surface area contributed by atoms with Gasteiger partial charge >= 0.3 is 0 Å². The van der Waals surface area contributed by atoms with Crippen LogP contribution in [0.5, 0.6) is 0 Å². The van der Waals surface area contributed by atoms with Gasteiger partial charge in [0.15, 0.2) is 0 Å². The monoisotopic (exact) mass is 252 g/mol. The number of hydrogen-bond acceptors (Lipinski definition) is 0. The maximum Gasteiger partial charge on any atom is 0.142 e. The van der Waals surface area contributed by atoms with Crippen LogP contribution < -0.4 is 0 Å². The van der Waals surface area contributed by atoms with Gasteiger partial charge in [0, 0.05) is 0 Å². The van der Waals surface area contributed by atoms with Crippen LogP contribution in [0, 0.1) is 11.7 Å². The van der Waals surface area contributed by atoms with Crippen LogP contribution in [0.15, 0.2) is 24.3 Å². The van der Waals surface area contributed by atoms with E-state index in [0.29, 0.717) is 0 Å². The van der Waals surface area contributed by atoms with E-state index >= 15 is 0 Å². The Bertz CT molecular complexity index is 423. The molecule has 1 aliphatic carbocycles. The zero-order valence-corrected chi connectivity index (χ0v) is 10.9. The van der Waals surface area contributed by atoms with Crippen molar-refractivity contribution in [3.8, 4) is 0 Å². The van der Waals surface area contributed by atoms with Crippen molar-refractivity contribution in [2.75, 3.05) is 0 Å². The molecule has 92 valence electrons. The average Bonchev–Trinajstić information content (AvgIpc) is 2.34. The van der Waals surface area contributed by atoms with Crippen LogP contribution in [-0.4, -0.2) is 0 Å². The Morgan fingerprint density at radius 2 is 2.24 bits per heavy atom. The van der Waals surface area contributed by atoms with Gasteiger partial charge in [-0.2, -0.15) is 0 Å². The molecule has 0 unspecified atom stereocenters. The molecule has 2 rings (SSSR count). The molecule has 1 aromatic carbocycles. The third-order valence-corrected chi connectivity index (χ3v) is 3.81. The molecule has 0 fully saturated rings. The van der Waals surface area contributed by atoms with E-state index in [9.17, 15) is 4.39 Å². The summed E-state index contributed by atoms with van der Waals surface area (Å²) in [5.41, 5.74) is 2.26. The predicted octanol–water partition coefficient (Wildman–Crippen LogP) is 5.46. The van der Waals surface area contributed by atoms with Gasteiger partial charge in [-0.15, -0.1) is 0 Å². The molecular formula is C15H18ClF. The van der Waals surface area contributed by atoms with Gasteiger partial charge in [0.05, 0.1) is 5.02 Å². The molecule has 17 heavy (non-hydrogen) atoms. The van der Waals surface area contributed by atoms with Crippen LogP contribution in [0.25, 0.3) is 5.57 Å². The van der Waals surface area contributed by atoms with Gasteiger partial charge in [0.1, 0.15) is 5.82 Å². The summed E-state index contributed by atoms with van der Waals surface area (Å²) in [6.45, 7) is 2.23. The maximum absolute atomic E-state index is 13.4. The Labute approximate surface area is 107 Å². The van der Waals surface area contributed by atoms with Crippen molar-refractivity contribution < 1.29 is 4.39 Å². The Morgan fingerprint density at radius 1 is 1.41 bits per heavy atom. The summed E-state index contributed by atoms with van der Waals surface area (Å²) >= 11 is 5.69. The van der Waals surface area contributed by atoms with E-state index in [1.54, 1.807) is 12.1 Å². The van der Waals surface area contributed by atoms with Gasteiger partial charge in [0.25, 0.3) is 0 Å². The van der Waals surface area contributed by atoms with Gasteiger partial charge in [0.2, 0.25) is 0 Å². The van der Waals surface area contributed by atoms with Crippen LogP contribution in [0.2, 0.25) is 5.02 Å². The third kappa shape index (κ3) is 3.10. The minimum atomic E-state index is -0.319. The first-order chi connectivity index (χ1) is 8.20. The van der Waals surface area contributed by atoms with Gasteiger partial charge in [-0.3, -0.25) is 0 Å². The summed E-state index contributed by atoms with van der Waals surface area (Å²) in [5.74, 6) is 0.502.